The van der Waals surface area contributed by atoms with Gasteiger partial charge < -0.3 is 15.4 Å². The van der Waals surface area contributed by atoms with Gasteiger partial charge in [-0.25, -0.2) is 0 Å². The third-order valence-corrected chi connectivity index (χ3v) is 5.08. The highest BCUT2D eigenvalue weighted by molar-refractivity contribution is 5.96. The average molecular weight is 417 g/mol. The van der Waals surface area contributed by atoms with Gasteiger partial charge >= 0.3 is 0 Å². The van der Waals surface area contributed by atoms with E-state index in [9.17, 15) is 9.59 Å². The van der Waals surface area contributed by atoms with Crippen molar-refractivity contribution in [2.45, 2.75) is 39.8 Å². The van der Waals surface area contributed by atoms with Crippen molar-refractivity contribution in [3.63, 3.8) is 0 Å². The summed E-state index contributed by atoms with van der Waals surface area (Å²) < 4.78 is 5.78. The first kappa shape index (κ1) is 22.1. The smallest absolute Gasteiger partial charge is 0.265 e. The van der Waals surface area contributed by atoms with Gasteiger partial charge in [-0.3, -0.25) is 9.59 Å². The molecule has 3 aromatic rings. The lowest BCUT2D eigenvalue weighted by Gasteiger charge is -2.18. The number of anilines is 1. The van der Waals surface area contributed by atoms with Gasteiger partial charge in [0.05, 0.1) is 0 Å². The fourth-order valence-electron chi connectivity index (χ4n) is 3.25. The summed E-state index contributed by atoms with van der Waals surface area (Å²) in [5.74, 6) is 0.157. The molecule has 0 saturated carbocycles. The van der Waals surface area contributed by atoms with E-state index < -0.39 is 6.10 Å². The van der Waals surface area contributed by atoms with Gasteiger partial charge in [-0.1, -0.05) is 55.5 Å². The van der Waals surface area contributed by atoms with Crippen molar-refractivity contribution in [2.75, 3.05) is 5.32 Å². The topological polar surface area (TPSA) is 67.4 Å². The van der Waals surface area contributed by atoms with E-state index in [1.54, 1.807) is 31.2 Å². The molecule has 0 bridgehead atoms. The SMILES string of the molecule is CCc1cccc(C)c1NC(=O)C(C)Oc1ccc(C(=O)NCc2ccccc2)cc1. The highest BCUT2D eigenvalue weighted by atomic mass is 16.5. The van der Waals surface area contributed by atoms with Gasteiger partial charge in [-0.05, 0) is 61.2 Å². The molecule has 3 rings (SSSR count). The molecule has 0 aliphatic rings. The van der Waals surface area contributed by atoms with E-state index in [0.717, 1.165) is 28.8 Å². The molecule has 1 unspecified atom stereocenters. The largest absolute Gasteiger partial charge is 0.481 e. The first-order valence-corrected chi connectivity index (χ1v) is 10.5. The number of rotatable bonds is 8. The van der Waals surface area contributed by atoms with Gasteiger partial charge in [0.2, 0.25) is 0 Å². The predicted molar refractivity (Wildman–Crippen MR) is 123 cm³/mol. The van der Waals surface area contributed by atoms with E-state index in [1.807, 2.05) is 55.5 Å². The lowest BCUT2D eigenvalue weighted by atomic mass is 10.1. The van der Waals surface area contributed by atoms with E-state index in [2.05, 4.69) is 17.6 Å². The number of ether oxygens (including phenoxy) is 1. The van der Waals surface area contributed by atoms with Crippen LogP contribution in [0.2, 0.25) is 0 Å². The van der Waals surface area contributed by atoms with Crippen molar-refractivity contribution in [3.05, 3.63) is 95.1 Å². The zero-order valence-corrected chi connectivity index (χ0v) is 18.1. The molecule has 5 nitrogen and oxygen atoms in total. The van der Waals surface area contributed by atoms with E-state index >= 15 is 0 Å². The maximum atomic E-state index is 12.6. The van der Waals surface area contributed by atoms with Crippen LogP contribution in [0.15, 0.2) is 72.8 Å². The lowest BCUT2D eigenvalue weighted by Crippen LogP contribution is -2.30. The van der Waals surface area contributed by atoms with Crippen molar-refractivity contribution in [1.82, 2.24) is 5.32 Å². The lowest BCUT2D eigenvalue weighted by molar-refractivity contribution is -0.122. The van der Waals surface area contributed by atoms with Crippen LogP contribution in [0.3, 0.4) is 0 Å². The van der Waals surface area contributed by atoms with Crippen molar-refractivity contribution in [2.24, 2.45) is 0 Å². The summed E-state index contributed by atoms with van der Waals surface area (Å²) in [6.07, 6.45) is 0.155. The monoisotopic (exact) mass is 416 g/mol. The highest BCUT2D eigenvalue weighted by Crippen LogP contribution is 2.22. The third-order valence-electron chi connectivity index (χ3n) is 5.08. The number of hydrogen-bond acceptors (Lipinski definition) is 3. The number of hydrogen-bond donors (Lipinski definition) is 2. The number of para-hydroxylation sites is 1. The predicted octanol–water partition coefficient (Wildman–Crippen LogP) is 4.89. The summed E-state index contributed by atoms with van der Waals surface area (Å²) in [6.45, 7) is 6.21. The molecular weight excluding hydrogens is 388 g/mol. The van der Waals surface area contributed by atoms with Crippen LogP contribution in [0.4, 0.5) is 5.69 Å². The van der Waals surface area contributed by atoms with Crippen LogP contribution in [0.1, 0.15) is 40.9 Å². The molecule has 2 amide bonds. The Morgan fingerprint density at radius 2 is 1.65 bits per heavy atom. The molecular formula is C26H28N2O3. The molecule has 5 heteroatoms. The third kappa shape index (κ3) is 5.95. The number of carbonyl (C=O) groups is 2. The maximum Gasteiger partial charge on any atom is 0.265 e. The number of carbonyl (C=O) groups excluding carboxylic acids is 2. The number of benzene rings is 3. The van der Waals surface area contributed by atoms with Crippen molar-refractivity contribution in [3.8, 4) is 5.75 Å². The van der Waals surface area contributed by atoms with Crippen molar-refractivity contribution >= 4 is 17.5 Å². The molecule has 0 aromatic heterocycles. The minimum atomic E-state index is -0.679. The number of amides is 2. The van der Waals surface area contributed by atoms with Crippen LogP contribution in [-0.4, -0.2) is 17.9 Å². The van der Waals surface area contributed by atoms with Gasteiger partial charge in [0, 0.05) is 17.8 Å². The minimum Gasteiger partial charge on any atom is -0.481 e. The summed E-state index contributed by atoms with van der Waals surface area (Å²) in [7, 11) is 0. The van der Waals surface area contributed by atoms with Crippen LogP contribution in [0, 0.1) is 6.92 Å². The van der Waals surface area contributed by atoms with Crippen molar-refractivity contribution < 1.29 is 14.3 Å². The first-order valence-electron chi connectivity index (χ1n) is 10.5. The van der Waals surface area contributed by atoms with E-state index in [-0.39, 0.29) is 11.8 Å². The summed E-state index contributed by atoms with van der Waals surface area (Å²) >= 11 is 0. The molecule has 0 radical (unpaired) electrons. The molecule has 0 heterocycles. The van der Waals surface area contributed by atoms with Crippen LogP contribution in [0.25, 0.3) is 0 Å². The minimum absolute atomic E-state index is 0.159. The number of nitrogens with one attached hydrogen (secondary N) is 2. The molecule has 0 fully saturated rings. The zero-order chi connectivity index (χ0) is 22.2. The van der Waals surface area contributed by atoms with Gasteiger partial charge in [0.25, 0.3) is 11.8 Å². The summed E-state index contributed by atoms with van der Waals surface area (Å²) in [6, 6.07) is 22.5. The van der Waals surface area contributed by atoms with Gasteiger partial charge in [0.15, 0.2) is 6.10 Å². The van der Waals surface area contributed by atoms with Gasteiger partial charge in [-0.2, -0.15) is 0 Å². The molecule has 3 aromatic carbocycles. The molecule has 0 spiro atoms. The molecule has 0 aliphatic heterocycles. The molecule has 160 valence electrons. The second-order valence-electron chi connectivity index (χ2n) is 7.40. The van der Waals surface area contributed by atoms with Crippen LogP contribution < -0.4 is 15.4 Å². The molecule has 2 N–H and O–H groups in total. The summed E-state index contributed by atoms with van der Waals surface area (Å²) in [4.78, 5) is 25.0. The molecule has 0 aliphatic carbocycles. The van der Waals surface area contributed by atoms with Crippen LogP contribution in [0.5, 0.6) is 5.75 Å². The van der Waals surface area contributed by atoms with Gasteiger partial charge in [-0.15, -0.1) is 0 Å². The second-order valence-corrected chi connectivity index (χ2v) is 7.40. The fourth-order valence-corrected chi connectivity index (χ4v) is 3.25. The maximum absolute atomic E-state index is 12.6. The normalized spacial score (nSPS) is 11.5. The summed E-state index contributed by atoms with van der Waals surface area (Å²) in [5.41, 5.74) is 4.52. The average Bonchev–Trinajstić information content (AvgIpc) is 2.79. The van der Waals surface area contributed by atoms with E-state index in [4.69, 9.17) is 4.74 Å². The molecule has 0 saturated heterocycles. The first-order chi connectivity index (χ1) is 15.0. The Hall–Kier alpha value is -3.60. The van der Waals surface area contributed by atoms with Crippen LogP contribution >= 0.6 is 0 Å². The highest BCUT2D eigenvalue weighted by Gasteiger charge is 2.17. The number of aryl methyl sites for hydroxylation is 2. The second kappa shape index (κ2) is 10.4. The van der Waals surface area contributed by atoms with Crippen LogP contribution in [-0.2, 0) is 17.8 Å². The fraction of sp³-hybridized carbons (Fsp3) is 0.231. The quantitative estimate of drug-likeness (QED) is 0.549. The van der Waals surface area contributed by atoms with E-state index in [0.29, 0.717) is 17.9 Å². The Labute approximate surface area is 183 Å². The zero-order valence-electron chi connectivity index (χ0n) is 18.1. The Morgan fingerprint density at radius 1 is 0.935 bits per heavy atom. The summed E-state index contributed by atoms with van der Waals surface area (Å²) in [5, 5.41) is 5.88. The standard InChI is InChI=1S/C26H28N2O3/c1-4-21-12-8-9-18(2)24(21)28-25(29)19(3)31-23-15-13-22(14-16-23)26(30)27-17-20-10-6-5-7-11-20/h5-16,19H,4,17H2,1-3H3,(H,27,30)(H,28,29). The van der Waals surface area contributed by atoms with E-state index in [1.165, 1.54) is 0 Å². The Bertz CT molecular complexity index is 1030. The Balaban J connectivity index is 1.56. The molecule has 1 atom stereocenters. The van der Waals surface area contributed by atoms with Crippen molar-refractivity contribution in [1.29, 1.82) is 0 Å². The Morgan fingerprint density at radius 3 is 2.32 bits per heavy atom. The Kier molecular flexibility index (Phi) is 7.44. The van der Waals surface area contributed by atoms with Gasteiger partial charge in [0.1, 0.15) is 5.75 Å². The molecule has 31 heavy (non-hydrogen) atoms.